The standard InChI is InChI=1S/C16H26O7/c1-13(17)11-15(19)22-9-5-3-7-21-8-4-6-10-23-16(20)12-14(2)18/h3-12H2,1-2H3. The van der Waals surface area contributed by atoms with Crippen molar-refractivity contribution in [1.82, 2.24) is 0 Å². The van der Waals surface area contributed by atoms with E-state index in [4.69, 9.17) is 14.2 Å². The van der Waals surface area contributed by atoms with Crippen molar-refractivity contribution in [2.75, 3.05) is 26.4 Å². The molecular formula is C16H26O7. The van der Waals surface area contributed by atoms with Crippen LogP contribution < -0.4 is 0 Å². The van der Waals surface area contributed by atoms with Gasteiger partial charge in [0.15, 0.2) is 0 Å². The van der Waals surface area contributed by atoms with E-state index in [0.29, 0.717) is 39.3 Å². The van der Waals surface area contributed by atoms with Gasteiger partial charge in [-0.15, -0.1) is 0 Å². The molecule has 0 heterocycles. The Labute approximate surface area is 136 Å². The van der Waals surface area contributed by atoms with Crippen molar-refractivity contribution in [1.29, 1.82) is 0 Å². The molecule has 0 aliphatic rings. The van der Waals surface area contributed by atoms with Crippen LogP contribution in [0.15, 0.2) is 0 Å². The van der Waals surface area contributed by atoms with Gasteiger partial charge in [0.2, 0.25) is 0 Å². The lowest BCUT2D eigenvalue weighted by molar-refractivity contribution is -0.147. The average molecular weight is 330 g/mol. The summed E-state index contributed by atoms with van der Waals surface area (Å²) in [5.41, 5.74) is 0. The summed E-state index contributed by atoms with van der Waals surface area (Å²) in [5.74, 6) is -1.38. The van der Waals surface area contributed by atoms with E-state index in [2.05, 4.69) is 0 Å². The fraction of sp³-hybridized carbons (Fsp3) is 0.750. The largest absolute Gasteiger partial charge is 0.465 e. The quantitative estimate of drug-likeness (QED) is 0.271. The van der Waals surface area contributed by atoms with Crippen molar-refractivity contribution in [2.45, 2.75) is 52.4 Å². The number of ether oxygens (including phenoxy) is 3. The molecule has 0 saturated carbocycles. The molecule has 0 amide bonds. The van der Waals surface area contributed by atoms with Gasteiger partial charge in [0, 0.05) is 13.2 Å². The van der Waals surface area contributed by atoms with Crippen molar-refractivity contribution in [3.63, 3.8) is 0 Å². The Hall–Kier alpha value is -1.76. The van der Waals surface area contributed by atoms with Gasteiger partial charge in [-0.05, 0) is 39.5 Å². The number of carbonyl (C=O) groups is 4. The van der Waals surface area contributed by atoms with Crippen LogP contribution in [-0.2, 0) is 33.4 Å². The molecule has 0 aromatic heterocycles. The van der Waals surface area contributed by atoms with Gasteiger partial charge in [0.05, 0.1) is 13.2 Å². The molecule has 0 radical (unpaired) electrons. The first-order valence-electron chi connectivity index (χ1n) is 7.79. The van der Waals surface area contributed by atoms with E-state index in [1.54, 1.807) is 0 Å². The molecule has 0 fully saturated rings. The second-order valence-electron chi connectivity index (χ2n) is 5.23. The highest BCUT2D eigenvalue weighted by atomic mass is 16.5. The zero-order valence-corrected chi connectivity index (χ0v) is 13.9. The van der Waals surface area contributed by atoms with E-state index in [0.717, 1.165) is 12.8 Å². The van der Waals surface area contributed by atoms with E-state index in [-0.39, 0.29) is 24.4 Å². The molecule has 132 valence electrons. The summed E-state index contributed by atoms with van der Waals surface area (Å²) >= 11 is 0. The Morgan fingerprint density at radius 2 is 0.957 bits per heavy atom. The predicted molar refractivity (Wildman–Crippen MR) is 81.8 cm³/mol. The maximum absolute atomic E-state index is 11.1. The van der Waals surface area contributed by atoms with Gasteiger partial charge in [-0.2, -0.15) is 0 Å². The molecule has 0 aromatic rings. The van der Waals surface area contributed by atoms with E-state index < -0.39 is 11.9 Å². The number of unbranched alkanes of at least 4 members (excludes halogenated alkanes) is 2. The molecular weight excluding hydrogens is 304 g/mol. The number of hydrogen-bond donors (Lipinski definition) is 0. The third kappa shape index (κ3) is 16.4. The van der Waals surface area contributed by atoms with Crippen LogP contribution in [0.1, 0.15) is 52.4 Å². The maximum atomic E-state index is 11.1. The molecule has 23 heavy (non-hydrogen) atoms. The number of esters is 2. The third-order valence-corrected chi connectivity index (χ3v) is 2.68. The first kappa shape index (κ1) is 21.2. The third-order valence-electron chi connectivity index (χ3n) is 2.68. The van der Waals surface area contributed by atoms with Gasteiger partial charge in [0.25, 0.3) is 0 Å². The molecule has 0 aliphatic heterocycles. The summed E-state index contributed by atoms with van der Waals surface area (Å²) < 4.78 is 15.1. The molecule has 0 aliphatic carbocycles. The monoisotopic (exact) mass is 330 g/mol. The fourth-order valence-corrected chi connectivity index (χ4v) is 1.60. The normalized spacial score (nSPS) is 10.2. The van der Waals surface area contributed by atoms with Crippen LogP contribution in [0.5, 0.6) is 0 Å². The zero-order valence-electron chi connectivity index (χ0n) is 13.9. The Morgan fingerprint density at radius 3 is 1.30 bits per heavy atom. The van der Waals surface area contributed by atoms with E-state index >= 15 is 0 Å². The van der Waals surface area contributed by atoms with Crippen molar-refractivity contribution in [3.8, 4) is 0 Å². The lowest BCUT2D eigenvalue weighted by Gasteiger charge is -2.06. The summed E-state index contributed by atoms with van der Waals surface area (Å²) in [6.45, 7) is 4.41. The Morgan fingerprint density at radius 1 is 0.609 bits per heavy atom. The number of Topliss-reactive ketones (excluding diaryl/α,β-unsaturated/α-hetero) is 2. The van der Waals surface area contributed by atoms with Crippen molar-refractivity contribution in [2.24, 2.45) is 0 Å². The van der Waals surface area contributed by atoms with Crippen molar-refractivity contribution in [3.05, 3.63) is 0 Å². The van der Waals surface area contributed by atoms with Crippen LogP contribution in [0.2, 0.25) is 0 Å². The van der Waals surface area contributed by atoms with E-state index in [1.807, 2.05) is 0 Å². The minimum absolute atomic E-state index is 0.173. The van der Waals surface area contributed by atoms with Crippen LogP contribution in [0.4, 0.5) is 0 Å². The molecule has 0 unspecified atom stereocenters. The second-order valence-corrected chi connectivity index (χ2v) is 5.23. The maximum Gasteiger partial charge on any atom is 0.313 e. The smallest absolute Gasteiger partial charge is 0.313 e. The van der Waals surface area contributed by atoms with E-state index in [9.17, 15) is 19.2 Å². The Bertz CT molecular complexity index is 354. The van der Waals surface area contributed by atoms with Gasteiger partial charge in [-0.3, -0.25) is 19.2 Å². The summed E-state index contributed by atoms with van der Waals surface area (Å²) in [5, 5.41) is 0. The van der Waals surface area contributed by atoms with Gasteiger partial charge in [-0.1, -0.05) is 0 Å². The van der Waals surface area contributed by atoms with Crippen molar-refractivity contribution < 1.29 is 33.4 Å². The molecule has 0 saturated heterocycles. The first-order valence-corrected chi connectivity index (χ1v) is 7.79. The van der Waals surface area contributed by atoms with Crippen molar-refractivity contribution >= 4 is 23.5 Å². The molecule has 7 nitrogen and oxygen atoms in total. The average Bonchev–Trinajstić information content (AvgIpc) is 2.43. The molecule has 0 aromatic carbocycles. The fourth-order valence-electron chi connectivity index (χ4n) is 1.60. The van der Waals surface area contributed by atoms with Gasteiger partial charge in [0.1, 0.15) is 24.4 Å². The molecule has 0 N–H and O–H groups in total. The molecule has 0 bridgehead atoms. The summed E-state index contributed by atoms with van der Waals surface area (Å²) in [7, 11) is 0. The minimum atomic E-state index is -0.488. The molecule has 0 rings (SSSR count). The summed E-state index contributed by atoms with van der Waals surface area (Å²) in [6.07, 6.45) is 2.56. The highest BCUT2D eigenvalue weighted by Gasteiger charge is 2.06. The number of rotatable bonds is 14. The Balaban J connectivity index is 3.25. The van der Waals surface area contributed by atoms with E-state index in [1.165, 1.54) is 13.8 Å². The SMILES string of the molecule is CC(=O)CC(=O)OCCCCOCCCCOC(=O)CC(C)=O. The van der Waals surface area contributed by atoms with Gasteiger partial charge < -0.3 is 14.2 Å². The predicted octanol–water partition coefficient (Wildman–Crippen LogP) is 1.61. The number of carbonyl (C=O) groups excluding carboxylic acids is 4. The topological polar surface area (TPSA) is 96.0 Å². The summed E-state index contributed by atoms with van der Waals surface area (Å²) in [4.78, 5) is 43.4. The molecule has 0 spiro atoms. The molecule has 7 heteroatoms. The van der Waals surface area contributed by atoms with Gasteiger partial charge in [-0.25, -0.2) is 0 Å². The molecule has 0 atom stereocenters. The highest BCUT2D eigenvalue weighted by molar-refractivity contribution is 5.94. The lowest BCUT2D eigenvalue weighted by atomic mass is 10.3. The lowest BCUT2D eigenvalue weighted by Crippen LogP contribution is -2.10. The van der Waals surface area contributed by atoms with Crippen LogP contribution in [0.25, 0.3) is 0 Å². The van der Waals surface area contributed by atoms with Gasteiger partial charge >= 0.3 is 11.9 Å². The van der Waals surface area contributed by atoms with Crippen LogP contribution in [0, 0.1) is 0 Å². The van der Waals surface area contributed by atoms with Crippen LogP contribution in [-0.4, -0.2) is 49.9 Å². The van der Waals surface area contributed by atoms with Crippen LogP contribution in [0.3, 0.4) is 0 Å². The second kappa shape index (κ2) is 13.9. The van der Waals surface area contributed by atoms with Crippen LogP contribution >= 0.6 is 0 Å². The zero-order chi connectivity index (χ0) is 17.5. The number of hydrogen-bond acceptors (Lipinski definition) is 7. The summed E-state index contributed by atoms with van der Waals surface area (Å²) in [6, 6.07) is 0. The highest BCUT2D eigenvalue weighted by Crippen LogP contribution is 1.98. The number of ketones is 2. The Kier molecular flexibility index (Phi) is 12.8. The minimum Gasteiger partial charge on any atom is -0.465 e. The first-order chi connectivity index (χ1) is 10.9.